The Balaban J connectivity index is 2.80. The first kappa shape index (κ1) is 13.7. The molecule has 0 fully saturated rings. The molecule has 0 aliphatic heterocycles. The Hall–Kier alpha value is -1.36. The van der Waals surface area contributed by atoms with Crippen molar-refractivity contribution in [2.45, 2.75) is 45.6 Å². The summed E-state index contributed by atoms with van der Waals surface area (Å²) in [4.78, 5) is 12.0. The first-order valence-electron chi connectivity index (χ1n) is 6.03. The van der Waals surface area contributed by atoms with Crippen LogP contribution in [0.5, 0.6) is 0 Å². The molecule has 17 heavy (non-hydrogen) atoms. The molecule has 1 heterocycles. The Labute approximate surface area is 102 Å². The lowest BCUT2D eigenvalue weighted by molar-refractivity contribution is -0.120. The van der Waals surface area contributed by atoms with Crippen LogP contribution < -0.4 is 11.1 Å². The van der Waals surface area contributed by atoms with Crippen LogP contribution in [0.25, 0.3) is 0 Å². The minimum Gasteiger partial charge on any atom is -0.322 e. The number of nitrogens with one attached hydrogen (secondary N) is 1. The number of rotatable bonds is 5. The largest absolute Gasteiger partial charge is 0.322 e. The molecule has 0 aliphatic carbocycles. The lowest BCUT2D eigenvalue weighted by Gasteiger charge is -2.22. The van der Waals surface area contributed by atoms with E-state index in [-0.39, 0.29) is 5.91 Å². The number of aromatic nitrogens is 2. The number of hydrogen-bond donors (Lipinski definition) is 2. The molecule has 0 bridgehead atoms. The minimum atomic E-state index is -0.824. The van der Waals surface area contributed by atoms with Crippen molar-refractivity contribution in [3.8, 4) is 0 Å². The second kappa shape index (κ2) is 5.31. The zero-order valence-corrected chi connectivity index (χ0v) is 11.1. The Morgan fingerprint density at radius 1 is 1.59 bits per heavy atom. The lowest BCUT2D eigenvalue weighted by Crippen LogP contribution is -2.48. The van der Waals surface area contributed by atoms with Crippen LogP contribution in [0.2, 0.25) is 0 Å². The maximum atomic E-state index is 12.0. The normalized spacial score (nSPS) is 14.4. The molecular formula is C12H22N4O. The summed E-state index contributed by atoms with van der Waals surface area (Å²) in [6.07, 6.45) is 4.14. The van der Waals surface area contributed by atoms with Crippen LogP contribution in [-0.2, 0) is 18.3 Å². The van der Waals surface area contributed by atoms with E-state index in [1.807, 2.05) is 20.9 Å². The smallest absolute Gasteiger partial charge is 0.244 e. The molecule has 1 rings (SSSR count). The molecule has 0 radical (unpaired) electrons. The van der Waals surface area contributed by atoms with Gasteiger partial charge < -0.3 is 11.1 Å². The van der Waals surface area contributed by atoms with Crippen LogP contribution in [0.3, 0.4) is 0 Å². The minimum absolute atomic E-state index is 0.151. The van der Waals surface area contributed by atoms with Crippen molar-refractivity contribution in [2.75, 3.05) is 5.32 Å². The summed E-state index contributed by atoms with van der Waals surface area (Å²) >= 11 is 0. The molecule has 0 spiro atoms. The molecule has 5 heteroatoms. The molecule has 1 amide bonds. The summed E-state index contributed by atoms with van der Waals surface area (Å²) in [5, 5.41) is 7.13. The van der Waals surface area contributed by atoms with E-state index in [1.165, 1.54) is 0 Å². The van der Waals surface area contributed by atoms with E-state index >= 15 is 0 Å². The van der Waals surface area contributed by atoms with Gasteiger partial charge in [-0.05, 0) is 19.8 Å². The van der Waals surface area contributed by atoms with Crippen molar-refractivity contribution in [1.82, 2.24) is 9.78 Å². The van der Waals surface area contributed by atoms with Gasteiger partial charge in [-0.15, -0.1) is 0 Å². The maximum absolute atomic E-state index is 12.0. The Morgan fingerprint density at radius 2 is 2.24 bits per heavy atom. The van der Waals surface area contributed by atoms with E-state index in [2.05, 4.69) is 10.4 Å². The fraction of sp³-hybridized carbons (Fsp3) is 0.667. The van der Waals surface area contributed by atoms with Gasteiger partial charge in [0.2, 0.25) is 5.91 Å². The van der Waals surface area contributed by atoms with Gasteiger partial charge in [0.1, 0.15) is 0 Å². The fourth-order valence-corrected chi connectivity index (χ4v) is 1.80. The van der Waals surface area contributed by atoms with Gasteiger partial charge in [-0.3, -0.25) is 9.48 Å². The molecule has 0 aromatic carbocycles. The molecular weight excluding hydrogens is 216 g/mol. The summed E-state index contributed by atoms with van der Waals surface area (Å²) in [5.74, 6) is -0.151. The second-order valence-corrected chi connectivity index (χ2v) is 4.64. The highest BCUT2D eigenvalue weighted by molar-refractivity contribution is 5.97. The van der Waals surface area contributed by atoms with Gasteiger partial charge in [-0.1, -0.05) is 20.3 Å². The zero-order chi connectivity index (χ0) is 13.1. The van der Waals surface area contributed by atoms with E-state index in [9.17, 15) is 4.79 Å². The van der Waals surface area contributed by atoms with E-state index in [4.69, 9.17) is 5.73 Å². The van der Waals surface area contributed by atoms with Crippen LogP contribution in [-0.4, -0.2) is 21.2 Å². The number of anilines is 1. The Kier molecular flexibility index (Phi) is 4.28. The topological polar surface area (TPSA) is 72.9 Å². The maximum Gasteiger partial charge on any atom is 0.244 e. The number of nitrogens with zero attached hydrogens (tertiary/aromatic N) is 2. The van der Waals surface area contributed by atoms with Gasteiger partial charge in [0, 0.05) is 13.2 Å². The van der Waals surface area contributed by atoms with Crippen molar-refractivity contribution in [3.63, 3.8) is 0 Å². The molecule has 0 aliphatic rings. The van der Waals surface area contributed by atoms with Gasteiger partial charge in [-0.25, -0.2) is 0 Å². The van der Waals surface area contributed by atoms with Gasteiger partial charge in [0.05, 0.1) is 16.9 Å². The summed E-state index contributed by atoms with van der Waals surface area (Å²) in [5.41, 5.74) is 6.79. The van der Waals surface area contributed by atoms with Crippen molar-refractivity contribution < 1.29 is 4.79 Å². The quantitative estimate of drug-likeness (QED) is 0.815. The average molecular weight is 238 g/mol. The molecule has 3 N–H and O–H groups in total. The van der Waals surface area contributed by atoms with E-state index in [1.54, 1.807) is 17.8 Å². The number of nitrogens with two attached hydrogens (primary N) is 1. The van der Waals surface area contributed by atoms with Crippen molar-refractivity contribution in [1.29, 1.82) is 0 Å². The van der Waals surface area contributed by atoms with E-state index in [0.29, 0.717) is 6.42 Å². The van der Waals surface area contributed by atoms with E-state index in [0.717, 1.165) is 24.2 Å². The summed E-state index contributed by atoms with van der Waals surface area (Å²) < 4.78 is 1.70. The standard InChI is InChI=1S/C12H22N4O/c1-5-7-12(3,13)11(17)14-10-8-16(4)15-9(10)6-2/h8H,5-7,13H2,1-4H3,(H,14,17). The average Bonchev–Trinajstić information content (AvgIpc) is 2.58. The second-order valence-electron chi connectivity index (χ2n) is 4.64. The molecule has 96 valence electrons. The number of carbonyl (C=O) groups is 1. The molecule has 1 aromatic heterocycles. The zero-order valence-electron chi connectivity index (χ0n) is 11.1. The predicted molar refractivity (Wildman–Crippen MR) is 68.7 cm³/mol. The third-order valence-electron chi connectivity index (χ3n) is 2.78. The predicted octanol–water partition coefficient (Wildman–Crippen LogP) is 1.44. The van der Waals surface area contributed by atoms with Gasteiger partial charge in [0.25, 0.3) is 0 Å². The molecule has 5 nitrogen and oxygen atoms in total. The number of hydrogen-bond acceptors (Lipinski definition) is 3. The van der Waals surface area contributed by atoms with Crippen LogP contribution >= 0.6 is 0 Å². The lowest BCUT2D eigenvalue weighted by atomic mass is 9.96. The first-order chi connectivity index (χ1) is 7.90. The molecule has 0 saturated carbocycles. The first-order valence-corrected chi connectivity index (χ1v) is 6.03. The third kappa shape index (κ3) is 3.30. The van der Waals surface area contributed by atoms with Gasteiger partial charge in [-0.2, -0.15) is 5.10 Å². The van der Waals surface area contributed by atoms with E-state index < -0.39 is 5.54 Å². The van der Waals surface area contributed by atoms with Crippen molar-refractivity contribution in [3.05, 3.63) is 11.9 Å². The van der Waals surface area contributed by atoms with Crippen molar-refractivity contribution >= 4 is 11.6 Å². The third-order valence-corrected chi connectivity index (χ3v) is 2.78. The highest BCUT2D eigenvalue weighted by Crippen LogP contribution is 2.17. The molecule has 1 atom stereocenters. The van der Waals surface area contributed by atoms with Crippen LogP contribution in [0, 0.1) is 0 Å². The molecule has 0 saturated heterocycles. The number of carbonyl (C=O) groups excluding carboxylic acids is 1. The highest BCUT2D eigenvalue weighted by Gasteiger charge is 2.28. The fourth-order valence-electron chi connectivity index (χ4n) is 1.80. The van der Waals surface area contributed by atoms with Crippen LogP contribution in [0.1, 0.15) is 39.3 Å². The monoisotopic (exact) mass is 238 g/mol. The molecule has 1 unspecified atom stereocenters. The number of aryl methyl sites for hydroxylation is 2. The van der Waals surface area contributed by atoms with Crippen molar-refractivity contribution in [2.24, 2.45) is 12.8 Å². The van der Waals surface area contributed by atoms with Crippen LogP contribution in [0.15, 0.2) is 6.20 Å². The summed E-state index contributed by atoms with van der Waals surface area (Å²) in [7, 11) is 1.84. The highest BCUT2D eigenvalue weighted by atomic mass is 16.2. The van der Waals surface area contributed by atoms with Gasteiger partial charge in [0.15, 0.2) is 0 Å². The Bertz CT molecular complexity index is 395. The summed E-state index contributed by atoms with van der Waals surface area (Å²) in [6, 6.07) is 0. The Morgan fingerprint density at radius 3 is 2.76 bits per heavy atom. The molecule has 1 aromatic rings. The summed E-state index contributed by atoms with van der Waals surface area (Å²) in [6.45, 7) is 5.78. The van der Waals surface area contributed by atoms with Gasteiger partial charge >= 0.3 is 0 Å². The van der Waals surface area contributed by atoms with Crippen LogP contribution in [0.4, 0.5) is 5.69 Å². The number of amides is 1. The SMILES string of the molecule is CCCC(C)(N)C(=O)Nc1cn(C)nc1CC.